The van der Waals surface area contributed by atoms with Crippen LogP contribution in [0.1, 0.15) is 29.8 Å². The van der Waals surface area contributed by atoms with Crippen LogP contribution >= 0.6 is 11.3 Å². The predicted octanol–water partition coefficient (Wildman–Crippen LogP) is 3.10. The first-order chi connectivity index (χ1) is 9.78. The molecular formula is C15H20N2O2S. The van der Waals surface area contributed by atoms with E-state index in [1.165, 1.54) is 0 Å². The molecule has 0 saturated heterocycles. The van der Waals surface area contributed by atoms with Crippen molar-refractivity contribution in [3.8, 4) is 11.5 Å². The second-order valence-corrected chi connectivity index (χ2v) is 5.35. The van der Waals surface area contributed by atoms with Crippen LogP contribution in [0.2, 0.25) is 0 Å². The van der Waals surface area contributed by atoms with Gasteiger partial charge in [-0.2, -0.15) is 0 Å². The topological polar surface area (TPSA) is 56.5 Å². The van der Waals surface area contributed by atoms with Crippen LogP contribution in [0.5, 0.6) is 11.5 Å². The molecule has 0 amide bonds. The average Bonchev–Trinajstić information content (AvgIpc) is 2.96. The number of nitrogens with two attached hydrogens (primary N) is 1. The lowest BCUT2D eigenvalue weighted by molar-refractivity contribution is 0.317. The molecule has 0 aliphatic rings. The van der Waals surface area contributed by atoms with E-state index in [9.17, 15) is 0 Å². The molecule has 5 heteroatoms. The highest BCUT2D eigenvalue weighted by atomic mass is 32.1. The molecule has 0 fully saturated rings. The fourth-order valence-corrected chi connectivity index (χ4v) is 2.85. The Morgan fingerprint density at radius 1 is 1.25 bits per heavy atom. The van der Waals surface area contributed by atoms with Crippen LogP contribution in [0.25, 0.3) is 0 Å². The van der Waals surface area contributed by atoms with Crippen molar-refractivity contribution in [3.63, 3.8) is 0 Å². The number of hydrogen-bond donors (Lipinski definition) is 2. The number of methoxy groups -OCH3 is 1. The number of thiophene rings is 1. The zero-order valence-electron chi connectivity index (χ0n) is 11.8. The normalized spacial score (nSPS) is 12.2. The Bertz CT molecular complexity index is 525. The van der Waals surface area contributed by atoms with Crippen molar-refractivity contribution in [1.82, 2.24) is 5.43 Å². The van der Waals surface area contributed by atoms with Gasteiger partial charge in [0.25, 0.3) is 0 Å². The van der Waals surface area contributed by atoms with E-state index in [0.29, 0.717) is 0 Å². The van der Waals surface area contributed by atoms with Crippen LogP contribution in [0.3, 0.4) is 0 Å². The molecule has 1 unspecified atom stereocenters. The van der Waals surface area contributed by atoms with Crippen molar-refractivity contribution in [2.24, 2.45) is 5.84 Å². The zero-order valence-corrected chi connectivity index (χ0v) is 12.6. The predicted molar refractivity (Wildman–Crippen MR) is 82.3 cm³/mol. The summed E-state index contributed by atoms with van der Waals surface area (Å²) in [5.74, 6) is 7.43. The van der Waals surface area contributed by atoms with E-state index in [1.54, 1.807) is 18.4 Å². The summed E-state index contributed by atoms with van der Waals surface area (Å²) in [6.45, 7) is 2.83. The maximum absolute atomic E-state index is 5.69. The Hall–Kier alpha value is -1.56. The van der Waals surface area contributed by atoms with E-state index in [4.69, 9.17) is 15.3 Å². The number of nitrogens with one attached hydrogen (secondary N) is 1. The lowest BCUT2D eigenvalue weighted by Gasteiger charge is -2.15. The van der Waals surface area contributed by atoms with Crippen LogP contribution in [0, 0.1) is 0 Å². The molecule has 20 heavy (non-hydrogen) atoms. The molecule has 4 nitrogen and oxygen atoms in total. The van der Waals surface area contributed by atoms with E-state index in [0.717, 1.165) is 35.0 Å². The molecule has 0 aliphatic carbocycles. The van der Waals surface area contributed by atoms with Gasteiger partial charge in [-0.3, -0.25) is 5.84 Å². The van der Waals surface area contributed by atoms with Crippen molar-refractivity contribution in [2.45, 2.75) is 19.4 Å². The van der Waals surface area contributed by atoms with Gasteiger partial charge in [-0.25, -0.2) is 5.43 Å². The van der Waals surface area contributed by atoms with E-state index in [2.05, 4.69) is 12.3 Å². The molecule has 2 rings (SSSR count). The minimum absolute atomic E-state index is 0.0378. The van der Waals surface area contributed by atoms with Crippen LogP contribution in [0.4, 0.5) is 0 Å². The molecule has 0 saturated carbocycles. The first-order valence-electron chi connectivity index (χ1n) is 6.59. The van der Waals surface area contributed by atoms with Crippen molar-refractivity contribution in [1.29, 1.82) is 0 Å². The first kappa shape index (κ1) is 14.8. The van der Waals surface area contributed by atoms with Gasteiger partial charge >= 0.3 is 0 Å². The SMILES string of the molecule is CCCOc1ccc(C(NN)c2cc(OC)cs2)cc1. The number of hydrogen-bond acceptors (Lipinski definition) is 5. The smallest absolute Gasteiger partial charge is 0.129 e. The van der Waals surface area contributed by atoms with Crippen molar-refractivity contribution in [2.75, 3.05) is 13.7 Å². The third-order valence-corrected chi connectivity index (χ3v) is 3.94. The molecule has 0 bridgehead atoms. The maximum Gasteiger partial charge on any atom is 0.129 e. The molecule has 108 valence electrons. The number of benzene rings is 1. The lowest BCUT2D eigenvalue weighted by Crippen LogP contribution is -2.28. The quantitative estimate of drug-likeness (QED) is 0.608. The Balaban J connectivity index is 2.14. The van der Waals surface area contributed by atoms with Gasteiger partial charge in [0.15, 0.2) is 0 Å². The molecule has 3 N–H and O–H groups in total. The van der Waals surface area contributed by atoms with E-state index in [1.807, 2.05) is 35.7 Å². The van der Waals surface area contributed by atoms with E-state index >= 15 is 0 Å². The highest BCUT2D eigenvalue weighted by Gasteiger charge is 2.15. The monoisotopic (exact) mass is 292 g/mol. The molecule has 0 radical (unpaired) electrons. The highest BCUT2D eigenvalue weighted by molar-refractivity contribution is 7.10. The van der Waals surface area contributed by atoms with Crippen molar-refractivity contribution in [3.05, 3.63) is 46.2 Å². The molecule has 0 spiro atoms. The Morgan fingerprint density at radius 2 is 2.00 bits per heavy atom. The Labute approximate surface area is 123 Å². The molecular weight excluding hydrogens is 272 g/mol. The number of ether oxygens (including phenoxy) is 2. The van der Waals surface area contributed by atoms with Crippen LogP contribution in [0.15, 0.2) is 35.7 Å². The molecule has 1 aromatic carbocycles. The second kappa shape index (κ2) is 7.28. The largest absolute Gasteiger partial charge is 0.496 e. The lowest BCUT2D eigenvalue weighted by atomic mass is 10.1. The minimum Gasteiger partial charge on any atom is -0.496 e. The summed E-state index contributed by atoms with van der Waals surface area (Å²) in [5.41, 5.74) is 3.95. The molecule has 1 heterocycles. The van der Waals surface area contributed by atoms with Gasteiger partial charge in [0.2, 0.25) is 0 Å². The van der Waals surface area contributed by atoms with Gasteiger partial charge in [-0.1, -0.05) is 19.1 Å². The molecule has 1 aromatic heterocycles. The first-order valence-corrected chi connectivity index (χ1v) is 7.47. The van der Waals surface area contributed by atoms with Gasteiger partial charge in [-0.05, 0) is 30.2 Å². The summed E-state index contributed by atoms with van der Waals surface area (Å²) in [6.07, 6.45) is 1.00. The number of rotatable bonds is 7. The number of hydrazine groups is 1. The van der Waals surface area contributed by atoms with E-state index in [-0.39, 0.29) is 6.04 Å². The summed E-state index contributed by atoms with van der Waals surface area (Å²) in [6, 6.07) is 9.96. The maximum atomic E-state index is 5.69. The fraction of sp³-hybridized carbons (Fsp3) is 0.333. The van der Waals surface area contributed by atoms with Crippen LogP contribution in [-0.4, -0.2) is 13.7 Å². The van der Waals surface area contributed by atoms with Gasteiger partial charge in [0.05, 0.1) is 19.8 Å². The molecule has 0 aliphatic heterocycles. The van der Waals surface area contributed by atoms with Gasteiger partial charge in [0, 0.05) is 10.3 Å². The van der Waals surface area contributed by atoms with Crippen molar-refractivity contribution >= 4 is 11.3 Å². The standard InChI is InChI=1S/C15H20N2O2S/c1-3-8-19-12-6-4-11(5-7-12)15(17-16)14-9-13(18-2)10-20-14/h4-7,9-10,15,17H,3,8,16H2,1-2H3. The molecule has 2 aromatic rings. The van der Waals surface area contributed by atoms with Crippen molar-refractivity contribution < 1.29 is 9.47 Å². The average molecular weight is 292 g/mol. The van der Waals surface area contributed by atoms with Crippen LogP contribution < -0.4 is 20.7 Å². The second-order valence-electron chi connectivity index (χ2n) is 4.41. The minimum atomic E-state index is -0.0378. The Kier molecular flexibility index (Phi) is 5.40. The van der Waals surface area contributed by atoms with Gasteiger partial charge < -0.3 is 9.47 Å². The summed E-state index contributed by atoms with van der Waals surface area (Å²) in [4.78, 5) is 1.12. The van der Waals surface area contributed by atoms with Gasteiger partial charge in [-0.15, -0.1) is 11.3 Å². The molecule has 1 atom stereocenters. The summed E-state index contributed by atoms with van der Waals surface area (Å²) < 4.78 is 10.8. The fourth-order valence-electron chi connectivity index (χ4n) is 1.91. The summed E-state index contributed by atoms with van der Waals surface area (Å²) >= 11 is 1.62. The van der Waals surface area contributed by atoms with Crippen LogP contribution in [-0.2, 0) is 0 Å². The summed E-state index contributed by atoms with van der Waals surface area (Å²) in [7, 11) is 1.66. The summed E-state index contributed by atoms with van der Waals surface area (Å²) in [5, 5.41) is 1.97. The third kappa shape index (κ3) is 3.50. The zero-order chi connectivity index (χ0) is 14.4. The van der Waals surface area contributed by atoms with Gasteiger partial charge in [0.1, 0.15) is 11.5 Å². The van der Waals surface area contributed by atoms with E-state index < -0.39 is 0 Å². The highest BCUT2D eigenvalue weighted by Crippen LogP contribution is 2.31. The third-order valence-electron chi connectivity index (χ3n) is 2.97. The Morgan fingerprint density at radius 3 is 2.55 bits per heavy atom.